The largest absolute Gasteiger partial charge is 0.496 e. The van der Waals surface area contributed by atoms with Crippen molar-refractivity contribution in [2.75, 3.05) is 33.9 Å². The highest BCUT2D eigenvalue weighted by molar-refractivity contribution is 6.42. The predicted molar refractivity (Wildman–Crippen MR) is 112 cm³/mol. The van der Waals surface area contributed by atoms with Gasteiger partial charge in [-0.05, 0) is 30.9 Å². The van der Waals surface area contributed by atoms with Gasteiger partial charge in [-0.15, -0.1) is 0 Å². The van der Waals surface area contributed by atoms with Crippen LogP contribution in [0.2, 0.25) is 10.0 Å². The molecule has 0 spiro atoms. The Hall–Kier alpha value is -2.44. The van der Waals surface area contributed by atoms with E-state index in [0.29, 0.717) is 41.7 Å². The van der Waals surface area contributed by atoms with E-state index < -0.39 is 24.2 Å². The Morgan fingerprint density at radius 3 is 2.30 bits per heavy atom. The van der Waals surface area contributed by atoms with E-state index in [0.717, 1.165) is 5.56 Å². The van der Waals surface area contributed by atoms with Gasteiger partial charge in [0.2, 0.25) is 0 Å². The molecule has 2 atom stereocenters. The van der Waals surface area contributed by atoms with Gasteiger partial charge in [0.05, 0.1) is 30.8 Å². The second-order valence-corrected chi connectivity index (χ2v) is 7.62. The molecule has 0 unspecified atom stereocenters. The summed E-state index contributed by atoms with van der Waals surface area (Å²) in [6, 6.07) is 3.13. The van der Waals surface area contributed by atoms with Crippen molar-refractivity contribution in [3.63, 3.8) is 0 Å². The third-order valence-electron chi connectivity index (χ3n) is 4.80. The lowest BCUT2D eigenvalue weighted by molar-refractivity contribution is -0.192. The number of carboxylic acid groups (broad SMARTS) is 2. The molecule has 1 amide bonds. The molecule has 0 aromatic heterocycles. The average Bonchev–Trinajstić information content (AvgIpc) is 2.74. The van der Waals surface area contributed by atoms with Gasteiger partial charge < -0.3 is 29.9 Å². The monoisotopic (exact) mass is 518 g/mol. The van der Waals surface area contributed by atoms with Crippen LogP contribution in [0.4, 0.5) is 18.0 Å². The van der Waals surface area contributed by atoms with Crippen LogP contribution in [-0.2, 0) is 14.3 Å². The number of rotatable bonds is 6. The molecule has 1 saturated heterocycles. The molecule has 3 N–H and O–H groups in total. The highest BCUT2D eigenvalue weighted by atomic mass is 35.5. The molecule has 2 rings (SSSR count). The molecular formula is C19H23Cl2F3N2O7. The van der Waals surface area contributed by atoms with Crippen LogP contribution < -0.4 is 10.1 Å². The lowest BCUT2D eigenvalue weighted by Gasteiger charge is -2.38. The lowest BCUT2D eigenvalue weighted by atomic mass is 9.84. The minimum Gasteiger partial charge on any atom is -0.496 e. The number of carbonyl (C=O) groups is 3. The molecule has 33 heavy (non-hydrogen) atoms. The van der Waals surface area contributed by atoms with Crippen molar-refractivity contribution in [2.24, 2.45) is 0 Å². The first kappa shape index (κ1) is 28.6. The van der Waals surface area contributed by atoms with Crippen LogP contribution in [-0.4, -0.2) is 79.2 Å². The first-order chi connectivity index (χ1) is 15.3. The highest BCUT2D eigenvalue weighted by Crippen LogP contribution is 2.43. The number of nitrogens with one attached hydrogen (secondary N) is 1. The van der Waals surface area contributed by atoms with Crippen LogP contribution >= 0.6 is 23.2 Å². The number of hydrogen-bond donors (Lipinski definition) is 3. The van der Waals surface area contributed by atoms with Gasteiger partial charge in [0.1, 0.15) is 5.75 Å². The Morgan fingerprint density at radius 2 is 1.82 bits per heavy atom. The summed E-state index contributed by atoms with van der Waals surface area (Å²) < 4.78 is 41.7. The highest BCUT2D eigenvalue weighted by Gasteiger charge is 2.38. The molecule has 0 aliphatic carbocycles. The zero-order valence-electron chi connectivity index (χ0n) is 17.6. The number of hydrogen-bond acceptors (Lipinski definition) is 6. The van der Waals surface area contributed by atoms with E-state index in [1.165, 1.54) is 12.0 Å². The van der Waals surface area contributed by atoms with Crippen LogP contribution in [0.5, 0.6) is 5.75 Å². The number of carbonyl (C=O) groups excluding carboxylic acids is 1. The van der Waals surface area contributed by atoms with Gasteiger partial charge >= 0.3 is 24.2 Å². The summed E-state index contributed by atoms with van der Waals surface area (Å²) in [4.78, 5) is 33.1. The Balaban J connectivity index is 0.000000675. The van der Waals surface area contributed by atoms with Gasteiger partial charge in [-0.3, -0.25) is 4.79 Å². The van der Waals surface area contributed by atoms with Crippen molar-refractivity contribution in [1.82, 2.24) is 10.2 Å². The molecule has 1 heterocycles. The molecule has 0 saturated carbocycles. The van der Waals surface area contributed by atoms with Gasteiger partial charge in [-0.25, -0.2) is 9.59 Å². The van der Waals surface area contributed by atoms with E-state index in [4.69, 9.17) is 37.8 Å². The second-order valence-electron chi connectivity index (χ2n) is 6.84. The minimum absolute atomic E-state index is 0.00308. The maximum absolute atomic E-state index is 11.5. The summed E-state index contributed by atoms with van der Waals surface area (Å²) in [5.74, 6) is -2.53. The van der Waals surface area contributed by atoms with Crippen molar-refractivity contribution in [3.05, 3.63) is 27.7 Å². The maximum Gasteiger partial charge on any atom is 0.490 e. The number of piperidine rings is 1. The number of benzene rings is 1. The molecule has 0 radical (unpaired) electrons. The van der Waals surface area contributed by atoms with E-state index >= 15 is 0 Å². The van der Waals surface area contributed by atoms with E-state index in [2.05, 4.69) is 10.1 Å². The van der Waals surface area contributed by atoms with Crippen LogP contribution in [0.3, 0.4) is 0 Å². The third kappa shape index (κ3) is 8.45. The Kier molecular flexibility index (Phi) is 11.0. The van der Waals surface area contributed by atoms with E-state index in [-0.39, 0.29) is 18.5 Å². The summed E-state index contributed by atoms with van der Waals surface area (Å²) in [6.45, 7) is 0.710. The first-order valence-electron chi connectivity index (χ1n) is 9.42. The van der Waals surface area contributed by atoms with Crippen molar-refractivity contribution in [2.45, 2.75) is 31.0 Å². The molecule has 9 nitrogen and oxygen atoms in total. The number of esters is 1. The Morgan fingerprint density at radius 1 is 1.21 bits per heavy atom. The van der Waals surface area contributed by atoms with Gasteiger partial charge in [0.15, 0.2) is 0 Å². The smallest absolute Gasteiger partial charge is 0.490 e. The minimum atomic E-state index is -5.08. The van der Waals surface area contributed by atoms with E-state index in [1.807, 2.05) is 0 Å². The van der Waals surface area contributed by atoms with Crippen LogP contribution in [0, 0.1) is 0 Å². The fourth-order valence-corrected chi connectivity index (χ4v) is 3.75. The summed E-state index contributed by atoms with van der Waals surface area (Å²) in [7, 11) is 2.86. The number of carboxylic acids is 1. The Bertz CT molecular complexity index is 855. The zero-order chi connectivity index (χ0) is 25.3. The van der Waals surface area contributed by atoms with Crippen molar-refractivity contribution in [3.8, 4) is 5.75 Å². The number of aliphatic carboxylic acids is 1. The number of ether oxygens (including phenoxy) is 2. The van der Waals surface area contributed by atoms with Gasteiger partial charge in [0.25, 0.3) is 0 Å². The topological polar surface area (TPSA) is 125 Å². The van der Waals surface area contributed by atoms with Crippen LogP contribution in [0.1, 0.15) is 24.3 Å². The average molecular weight is 519 g/mol. The Labute approximate surface area is 197 Å². The molecule has 1 aliphatic rings. The van der Waals surface area contributed by atoms with Crippen molar-refractivity contribution >= 4 is 41.2 Å². The molecule has 1 fully saturated rings. The van der Waals surface area contributed by atoms with E-state index in [1.54, 1.807) is 19.2 Å². The molecule has 1 aromatic rings. The molecule has 186 valence electrons. The number of nitrogens with zero attached hydrogens (tertiary/aromatic N) is 1. The summed E-state index contributed by atoms with van der Waals surface area (Å²) in [5.41, 5.74) is 0.796. The van der Waals surface area contributed by atoms with Crippen molar-refractivity contribution < 1.29 is 47.2 Å². The van der Waals surface area contributed by atoms with Crippen LogP contribution in [0.25, 0.3) is 0 Å². The van der Waals surface area contributed by atoms with Crippen LogP contribution in [0.15, 0.2) is 12.1 Å². The normalized spacial score (nSPS) is 18.1. The molecule has 1 aliphatic heterocycles. The second kappa shape index (κ2) is 12.7. The van der Waals surface area contributed by atoms with E-state index in [9.17, 15) is 27.9 Å². The van der Waals surface area contributed by atoms with Gasteiger partial charge in [-0.1, -0.05) is 23.2 Å². The SMILES string of the molecule is COC(=O)CNC[C@@H]1C[C@H](c2c(OC)ccc(Cl)c2Cl)CCN1C(=O)O.O=C(O)C(F)(F)F. The molecular weight excluding hydrogens is 496 g/mol. The maximum atomic E-state index is 11.5. The number of halogens is 5. The number of amides is 1. The third-order valence-corrected chi connectivity index (χ3v) is 5.62. The first-order valence-corrected chi connectivity index (χ1v) is 10.2. The number of alkyl halides is 3. The molecule has 1 aromatic carbocycles. The summed E-state index contributed by atoms with van der Waals surface area (Å²) in [5, 5.41) is 20.4. The van der Waals surface area contributed by atoms with Crippen molar-refractivity contribution in [1.29, 1.82) is 0 Å². The predicted octanol–water partition coefficient (Wildman–Crippen LogP) is 3.62. The number of likely N-dealkylation sites (tertiary alicyclic amines) is 1. The quantitative estimate of drug-likeness (QED) is 0.487. The molecule has 14 heteroatoms. The van der Waals surface area contributed by atoms with Gasteiger partial charge in [-0.2, -0.15) is 13.2 Å². The fraction of sp³-hybridized carbons (Fsp3) is 0.526. The fourth-order valence-electron chi connectivity index (χ4n) is 3.28. The van der Waals surface area contributed by atoms with Gasteiger partial charge in [0, 0.05) is 24.7 Å². The number of methoxy groups -OCH3 is 2. The molecule has 0 bridgehead atoms. The lowest BCUT2D eigenvalue weighted by Crippen LogP contribution is -2.50. The summed E-state index contributed by atoms with van der Waals surface area (Å²) >= 11 is 12.6. The summed E-state index contributed by atoms with van der Waals surface area (Å²) in [6.07, 6.45) is -4.93. The zero-order valence-corrected chi connectivity index (χ0v) is 19.1. The standard InChI is InChI=1S/C17H22Cl2N2O5.C2HF3O2/c1-25-13-4-3-12(18)16(19)15(13)10-5-6-21(17(23)24)11(7-10)8-20-9-14(22)26-2;3-2(4,5)1(6)7/h3-4,10-11,20H,5-9H2,1-2H3,(H,23,24);(H,6,7)/t10-,11+;/m1./s1.